The van der Waals surface area contributed by atoms with Gasteiger partial charge < -0.3 is 9.84 Å². The van der Waals surface area contributed by atoms with Gasteiger partial charge in [-0.05, 0) is 30.2 Å². The van der Waals surface area contributed by atoms with Gasteiger partial charge in [-0.25, -0.2) is 13.2 Å². The molecule has 8 heteroatoms. The van der Waals surface area contributed by atoms with Crippen LogP contribution in [0.15, 0.2) is 54.6 Å². The van der Waals surface area contributed by atoms with Gasteiger partial charge in [0.15, 0.2) is 14.6 Å². The Morgan fingerprint density at radius 3 is 2.25 bits per heavy atom. The van der Waals surface area contributed by atoms with Crippen molar-refractivity contribution in [3.63, 3.8) is 0 Å². The number of carbonyl (C=O) groups excluding carboxylic acids is 1. The summed E-state index contributed by atoms with van der Waals surface area (Å²) in [7, 11) is -3.90. The van der Waals surface area contributed by atoms with Gasteiger partial charge in [0.05, 0.1) is 6.54 Å². The van der Waals surface area contributed by atoms with Crippen LogP contribution in [0.25, 0.3) is 11.1 Å². The molecule has 1 heterocycles. The molecule has 1 unspecified atom stereocenters. The minimum atomic E-state index is -3.90. The number of carbonyl (C=O) groups is 2. The summed E-state index contributed by atoms with van der Waals surface area (Å²) in [6.45, 7) is 1.22. The molecule has 0 radical (unpaired) electrons. The quantitative estimate of drug-likeness (QED) is 0.796. The normalized spacial score (nSPS) is 19.1. The summed E-state index contributed by atoms with van der Waals surface area (Å²) in [6, 6.07) is 17.1. The van der Waals surface area contributed by atoms with E-state index in [1.807, 2.05) is 42.5 Å². The molecule has 0 spiro atoms. The summed E-state index contributed by atoms with van der Waals surface area (Å²) in [5.41, 5.74) is 2.63. The topological polar surface area (TPSA) is 101 Å². The zero-order chi connectivity index (χ0) is 20.5. The molecule has 3 rings (SSSR count). The molecule has 1 saturated heterocycles. The highest BCUT2D eigenvalue weighted by atomic mass is 32.2. The van der Waals surface area contributed by atoms with Crippen molar-refractivity contribution in [3.8, 4) is 11.1 Å². The third-order valence-electron chi connectivity index (χ3n) is 5.05. The lowest BCUT2D eigenvalue weighted by molar-refractivity contribution is -0.140. The average molecular weight is 403 g/mol. The molecule has 2 aromatic carbocycles. The van der Waals surface area contributed by atoms with Gasteiger partial charge in [0.2, 0.25) is 0 Å². The molecule has 0 aliphatic carbocycles. The van der Waals surface area contributed by atoms with E-state index < -0.39 is 32.8 Å². The van der Waals surface area contributed by atoms with E-state index in [0.717, 1.165) is 24.3 Å². The lowest BCUT2D eigenvalue weighted by Crippen LogP contribution is -2.46. The Morgan fingerprint density at radius 2 is 1.71 bits per heavy atom. The predicted molar refractivity (Wildman–Crippen MR) is 105 cm³/mol. The van der Waals surface area contributed by atoms with E-state index in [9.17, 15) is 23.1 Å². The second-order valence-corrected chi connectivity index (χ2v) is 9.49. The summed E-state index contributed by atoms with van der Waals surface area (Å²) in [5.74, 6) is -1.46. The van der Waals surface area contributed by atoms with Crippen LogP contribution in [0, 0.1) is 0 Å². The minimum Gasteiger partial charge on any atom is -0.480 e. The molecule has 0 saturated carbocycles. The molecule has 0 aromatic heterocycles. The number of cyclic esters (lactones) is 1. The van der Waals surface area contributed by atoms with E-state index in [1.54, 1.807) is 12.1 Å². The number of aliphatic carboxylic acids is 1. The first kappa shape index (κ1) is 19.9. The van der Waals surface area contributed by atoms with E-state index in [1.165, 1.54) is 4.90 Å². The Morgan fingerprint density at radius 1 is 1.14 bits per heavy atom. The van der Waals surface area contributed by atoms with Gasteiger partial charge in [-0.3, -0.25) is 9.69 Å². The van der Waals surface area contributed by atoms with Crippen molar-refractivity contribution in [1.29, 1.82) is 0 Å². The highest BCUT2D eigenvalue weighted by Gasteiger charge is 2.48. The molecule has 7 nitrogen and oxygen atoms in total. The maximum Gasteiger partial charge on any atom is 0.414 e. The molecule has 0 bridgehead atoms. The summed E-state index contributed by atoms with van der Waals surface area (Å²) in [6.07, 6.45) is -0.903. The molecule has 1 aliphatic rings. The third-order valence-corrected chi connectivity index (χ3v) is 7.03. The second-order valence-electron chi connectivity index (χ2n) is 7.04. The number of amides is 1. The fourth-order valence-corrected chi connectivity index (χ4v) is 3.94. The van der Waals surface area contributed by atoms with E-state index in [-0.39, 0.29) is 13.0 Å². The van der Waals surface area contributed by atoms with Crippen molar-refractivity contribution in [2.45, 2.75) is 24.2 Å². The van der Waals surface area contributed by atoms with Crippen LogP contribution in [0.4, 0.5) is 10.5 Å². The fraction of sp³-hybridized carbons (Fsp3) is 0.300. The van der Waals surface area contributed by atoms with Gasteiger partial charge in [-0.2, -0.15) is 0 Å². The number of hydrogen-bond donors (Lipinski definition) is 1. The van der Waals surface area contributed by atoms with Crippen LogP contribution < -0.4 is 4.90 Å². The van der Waals surface area contributed by atoms with Gasteiger partial charge in [0.1, 0.15) is 6.10 Å². The molecule has 1 N–H and O–H groups in total. The van der Waals surface area contributed by atoms with Gasteiger partial charge >= 0.3 is 12.1 Å². The monoisotopic (exact) mass is 403 g/mol. The van der Waals surface area contributed by atoms with Crippen LogP contribution >= 0.6 is 0 Å². The van der Waals surface area contributed by atoms with Crippen molar-refractivity contribution in [2.75, 3.05) is 17.7 Å². The molecule has 1 fully saturated rings. The number of sulfone groups is 1. The van der Waals surface area contributed by atoms with Crippen LogP contribution in [0.3, 0.4) is 0 Å². The molecule has 1 amide bonds. The van der Waals surface area contributed by atoms with Gasteiger partial charge in [-0.1, -0.05) is 42.5 Å². The minimum absolute atomic E-state index is 0.0852. The highest BCUT2D eigenvalue weighted by Crippen LogP contribution is 2.31. The zero-order valence-electron chi connectivity index (χ0n) is 15.5. The van der Waals surface area contributed by atoms with Crippen LogP contribution in [-0.2, 0) is 19.4 Å². The predicted octanol–water partition coefficient (Wildman–Crippen LogP) is 2.96. The summed E-state index contributed by atoms with van der Waals surface area (Å²) in [4.78, 5) is 25.2. The number of carboxylic acid groups (broad SMARTS) is 1. The molecule has 2 atom stereocenters. The van der Waals surface area contributed by atoms with Crippen molar-refractivity contribution in [1.82, 2.24) is 0 Å². The first-order valence-corrected chi connectivity index (χ1v) is 10.6. The summed E-state index contributed by atoms with van der Waals surface area (Å²) >= 11 is 0. The summed E-state index contributed by atoms with van der Waals surface area (Å²) < 4.78 is 27.1. The third kappa shape index (κ3) is 3.73. The lowest BCUT2D eigenvalue weighted by atomic mass is 10.0. The van der Waals surface area contributed by atoms with Gasteiger partial charge in [0, 0.05) is 18.4 Å². The number of rotatable bonds is 6. The maximum absolute atomic E-state index is 12.3. The van der Waals surface area contributed by atoms with Gasteiger partial charge in [-0.15, -0.1) is 0 Å². The number of carboxylic acids is 1. The molecular formula is C20H21NO6S. The van der Waals surface area contributed by atoms with E-state index >= 15 is 0 Å². The van der Waals surface area contributed by atoms with Crippen LogP contribution in [0.1, 0.15) is 13.3 Å². The maximum atomic E-state index is 12.3. The number of anilines is 1. The Kier molecular flexibility index (Phi) is 5.16. The number of ether oxygens (including phenoxy) is 1. The standard InChI is InChI=1S/C20H21NO6S/c1-20(18(22)23,28(2,25)26)12-17-13-21(19(24)27-17)16-10-8-15(9-11-16)14-6-4-3-5-7-14/h3-11,17H,12-13H2,1-2H3,(H,22,23)/t17-,20?/m0/s1. The SMILES string of the molecule is CC(C[C@H]1CN(c2ccc(-c3ccccc3)cc2)C(=O)O1)(C(=O)O)S(C)(=O)=O. The van der Waals surface area contributed by atoms with Crippen molar-refractivity contribution < 1.29 is 27.9 Å². The largest absolute Gasteiger partial charge is 0.480 e. The van der Waals surface area contributed by atoms with E-state index in [0.29, 0.717) is 5.69 Å². The Bertz CT molecular complexity index is 987. The number of benzene rings is 2. The molecular weight excluding hydrogens is 382 g/mol. The lowest BCUT2D eigenvalue weighted by Gasteiger charge is -2.24. The Hall–Kier alpha value is -2.87. The summed E-state index contributed by atoms with van der Waals surface area (Å²) in [5, 5.41) is 9.38. The van der Waals surface area contributed by atoms with E-state index in [4.69, 9.17) is 4.74 Å². The Balaban J connectivity index is 1.77. The van der Waals surface area contributed by atoms with Crippen LogP contribution in [0.5, 0.6) is 0 Å². The second kappa shape index (κ2) is 7.27. The highest BCUT2D eigenvalue weighted by molar-refractivity contribution is 7.92. The fourth-order valence-electron chi connectivity index (χ4n) is 3.13. The zero-order valence-corrected chi connectivity index (χ0v) is 16.3. The molecule has 2 aromatic rings. The molecule has 1 aliphatic heterocycles. The van der Waals surface area contributed by atoms with Crippen LogP contribution in [-0.4, -0.2) is 49.2 Å². The van der Waals surface area contributed by atoms with Crippen LogP contribution in [0.2, 0.25) is 0 Å². The molecule has 28 heavy (non-hydrogen) atoms. The van der Waals surface area contributed by atoms with Crippen molar-refractivity contribution in [3.05, 3.63) is 54.6 Å². The number of nitrogens with zero attached hydrogens (tertiary/aromatic N) is 1. The first-order valence-electron chi connectivity index (χ1n) is 8.68. The smallest absolute Gasteiger partial charge is 0.414 e. The number of hydrogen-bond acceptors (Lipinski definition) is 5. The first-order chi connectivity index (χ1) is 13.1. The Labute approximate surface area is 163 Å². The van der Waals surface area contributed by atoms with Crippen molar-refractivity contribution >= 4 is 27.6 Å². The van der Waals surface area contributed by atoms with Gasteiger partial charge in [0.25, 0.3) is 0 Å². The van der Waals surface area contributed by atoms with Crippen molar-refractivity contribution in [2.24, 2.45) is 0 Å². The average Bonchev–Trinajstić information content (AvgIpc) is 3.01. The molecule has 148 valence electrons. The van der Waals surface area contributed by atoms with E-state index in [2.05, 4.69) is 0 Å².